The van der Waals surface area contributed by atoms with Gasteiger partial charge >= 0.3 is 0 Å². The highest BCUT2D eigenvalue weighted by atomic mass is 79.9. The highest BCUT2D eigenvalue weighted by Gasteiger charge is 2.09. The zero-order chi connectivity index (χ0) is 13.1. The molecule has 1 aromatic heterocycles. The molecule has 0 aliphatic heterocycles. The van der Waals surface area contributed by atoms with Crippen LogP contribution >= 0.6 is 28.1 Å². The molecule has 2 aromatic rings. The van der Waals surface area contributed by atoms with E-state index in [0.717, 1.165) is 15.8 Å². The molecule has 3 nitrogen and oxygen atoms in total. The molecule has 2 rings (SSSR count). The van der Waals surface area contributed by atoms with E-state index in [4.69, 9.17) is 22.7 Å². The number of hydrogen-bond acceptors (Lipinski definition) is 3. The lowest BCUT2D eigenvalue weighted by molar-refractivity contribution is 0.475. The van der Waals surface area contributed by atoms with Gasteiger partial charge < -0.3 is 10.5 Å². The van der Waals surface area contributed by atoms with E-state index in [1.165, 1.54) is 0 Å². The summed E-state index contributed by atoms with van der Waals surface area (Å²) in [5, 5.41) is 0. The van der Waals surface area contributed by atoms with Crippen molar-refractivity contribution in [3.8, 4) is 11.5 Å². The maximum atomic E-state index is 5.82. The van der Waals surface area contributed by atoms with Gasteiger partial charge in [0.15, 0.2) is 5.75 Å². The van der Waals surface area contributed by atoms with Gasteiger partial charge in [0.25, 0.3) is 0 Å². The van der Waals surface area contributed by atoms with E-state index in [0.29, 0.717) is 11.4 Å². The summed E-state index contributed by atoms with van der Waals surface area (Å²) in [6, 6.07) is 9.40. The van der Waals surface area contributed by atoms with Crippen molar-refractivity contribution in [1.82, 2.24) is 4.98 Å². The van der Waals surface area contributed by atoms with Crippen molar-refractivity contribution in [3.63, 3.8) is 0 Å². The quantitative estimate of drug-likeness (QED) is 0.877. The second-order valence-corrected chi connectivity index (χ2v) is 5.08. The summed E-state index contributed by atoms with van der Waals surface area (Å²) >= 11 is 8.36. The van der Waals surface area contributed by atoms with Gasteiger partial charge in [-0.25, -0.2) is 4.98 Å². The first-order chi connectivity index (χ1) is 8.58. The average molecular weight is 323 g/mol. The summed E-state index contributed by atoms with van der Waals surface area (Å²) < 4.78 is 6.77. The van der Waals surface area contributed by atoms with Crippen LogP contribution in [-0.4, -0.2) is 9.97 Å². The summed E-state index contributed by atoms with van der Waals surface area (Å²) in [4.78, 5) is 4.34. The maximum absolute atomic E-state index is 5.82. The summed E-state index contributed by atoms with van der Waals surface area (Å²) in [5.41, 5.74) is 7.13. The summed E-state index contributed by atoms with van der Waals surface area (Å²) in [5.74, 6) is 1.31. The van der Waals surface area contributed by atoms with E-state index in [1.807, 2.05) is 25.1 Å². The van der Waals surface area contributed by atoms with E-state index in [1.54, 1.807) is 18.3 Å². The maximum Gasteiger partial charge on any atom is 0.156 e. The average Bonchev–Trinajstić information content (AvgIpc) is 2.34. The Hall–Kier alpha value is -1.46. The predicted octanol–water partition coefficient (Wildman–Crippen LogP) is 3.58. The van der Waals surface area contributed by atoms with E-state index in [9.17, 15) is 0 Å². The first-order valence-electron chi connectivity index (χ1n) is 5.27. The lowest BCUT2D eigenvalue weighted by Crippen LogP contribution is -2.12. The number of nitrogens with two attached hydrogens (primary N) is 1. The number of thiocarbonyl (C=S) groups is 1. The largest absolute Gasteiger partial charge is 0.455 e. The molecule has 0 bridgehead atoms. The van der Waals surface area contributed by atoms with E-state index in [2.05, 4.69) is 20.9 Å². The van der Waals surface area contributed by atoms with Crippen molar-refractivity contribution < 1.29 is 4.74 Å². The molecule has 5 heteroatoms. The van der Waals surface area contributed by atoms with E-state index in [-0.39, 0.29) is 4.99 Å². The van der Waals surface area contributed by atoms with Crippen LogP contribution in [0.3, 0.4) is 0 Å². The topological polar surface area (TPSA) is 48.1 Å². The summed E-state index contributed by atoms with van der Waals surface area (Å²) in [6.07, 6.45) is 1.63. The number of nitrogens with zero attached hydrogens (tertiary/aromatic N) is 1. The number of benzene rings is 1. The molecule has 0 aliphatic carbocycles. The van der Waals surface area contributed by atoms with Crippen LogP contribution in [0.15, 0.2) is 41.0 Å². The minimum Gasteiger partial charge on any atom is -0.455 e. The monoisotopic (exact) mass is 322 g/mol. The van der Waals surface area contributed by atoms with Gasteiger partial charge in [0.1, 0.15) is 16.4 Å². The van der Waals surface area contributed by atoms with Crippen LogP contribution in [0.5, 0.6) is 11.5 Å². The Bertz CT molecular complexity index is 601. The molecular formula is C13H11BrN2OS. The van der Waals surface area contributed by atoms with Gasteiger partial charge in [-0.05, 0) is 36.8 Å². The number of aryl methyl sites for hydroxylation is 1. The molecule has 0 saturated carbocycles. The number of rotatable bonds is 3. The Morgan fingerprint density at radius 3 is 2.83 bits per heavy atom. The highest BCUT2D eigenvalue weighted by molar-refractivity contribution is 9.10. The number of pyridine rings is 1. The Labute approximate surface area is 119 Å². The Morgan fingerprint density at radius 2 is 2.11 bits per heavy atom. The standard InChI is InChI=1S/C13H11BrN2OS/c1-8-4-5-9(14)7-11(8)17-10-3-2-6-16-12(10)13(15)18/h2-7H,1H3,(H2,15,18). The van der Waals surface area contributed by atoms with Crippen LogP contribution in [0.4, 0.5) is 0 Å². The number of hydrogen-bond donors (Lipinski definition) is 1. The third-order valence-corrected chi connectivity index (χ3v) is 3.06. The SMILES string of the molecule is Cc1ccc(Br)cc1Oc1cccnc1C(N)=S. The van der Waals surface area contributed by atoms with Gasteiger partial charge in [-0.3, -0.25) is 0 Å². The normalized spacial score (nSPS) is 10.1. The first-order valence-corrected chi connectivity index (χ1v) is 6.47. The third-order valence-electron chi connectivity index (χ3n) is 2.37. The van der Waals surface area contributed by atoms with E-state index < -0.39 is 0 Å². The van der Waals surface area contributed by atoms with Crippen molar-refractivity contribution in [2.24, 2.45) is 5.73 Å². The molecule has 0 spiro atoms. The molecular weight excluding hydrogens is 312 g/mol. The van der Waals surface area contributed by atoms with Gasteiger partial charge in [0.2, 0.25) is 0 Å². The van der Waals surface area contributed by atoms with Crippen molar-refractivity contribution in [1.29, 1.82) is 0 Å². The highest BCUT2D eigenvalue weighted by Crippen LogP contribution is 2.29. The molecule has 0 radical (unpaired) electrons. The van der Waals surface area contributed by atoms with Crippen molar-refractivity contribution in [2.75, 3.05) is 0 Å². The second kappa shape index (κ2) is 5.46. The minimum atomic E-state index is 0.221. The fourth-order valence-electron chi connectivity index (χ4n) is 1.46. The fraction of sp³-hybridized carbons (Fsp3) is 0.0769. The fourth-order valence-corrected chi connectivity index (χ4v) is 1.95. The summed E-state index contributed by atoms with van der Waals surface area (Å²) in [7, 11) is 0. The minimum absolute atomic E-state index is 0.221. The second-order valence-electron chi connectivity index (χ2n) is 3.73. The van der Waals surface area contributed by atoms with Crippen LogP contribution in [0, 0.1) is 6.92 Å². The van der Waals surface area contributed by atoms with Gasteiger partial charge in [-0.2, -0.15) is 0 Å². The molecule has 0 fully saturated rings. The molecule has 0 aliphatic rings. The molecule has 1 aromatic carbocycles. The van der Waals surface area contributed by atoms with Crippen LogP contribution in [-0.2, 0) is 0 Å². The lowest BCUT2D eigenvalue weighted by Gasteiger charge is -2.11. The van der Waals surface area contributed by atoms with Crippen molar-refractivity contribution >= 4 is 33.1 Å². The predicted molar refractivity (Wildman–Crippen MR) is 79.1 cm³/mol. The van der Waals surface area contributed by atoms with Crippen molar-refractivity contribution in [3.05, 3.63) is 52.3 Å². The van der Waals surface area contributed by atoms with E-state index >= 15 is 0 Å². The molecule has 18 heavy (non-hydrogen) atoms. The molecule has 1 heterocycles. The molecule has 0 amide bonds. The Balaban J connectivity index is 2.40. The Morgan fingerprint density at radius 1 is 1.33 bits per heavy atom. The number of halogens is 1. The number of ether oxygens (including phenoxy) is 1. The van der Waals surface area contributed by atoms with Gasteiger partial charge in [-0.1, -0.05) is 34.2 Å². The van der Waals surface area contributed by atoms with Crippen LogP contribution in [0.1, 0.15) is 11.3 Å². The first kappa shape index (κ1) is 13.0. The smallest absolute Gasteiger partial charge is 0.156 e. The third kappa shape index (κ3) is 2.86. The van der Waals surface area contributed by atoms with Crippen LogP contribution in [0.25, 0.3) is 0 Å². The molecule has 0 atom stereocenters. The molecule has 0 saturated heterocycles. The molecule has 0 unspecified atom stereocenters. The van der Waals surface area contributed by atoms with Gasteiger partial charge in [0.05, 0.1) is 0 Å². The molecule has 92 valence electrons. The summed E-state index contributed by atoms with van der Waals surface area (Å²) in [6.45, 7) is 1.97. The van der Waals surface area contributed by atoms with Gasteiger partial charge in [0, 0.05) is 10.7 Å². The van der Waals surface area contributed by atoms with Crippen LogP contribution in [0.2, 0.25) is 0 Å². The number of aromatic nitrogens is 1. The zero-order valence-corrected chi connectivity index (χ0v) is 12.1. The Kier molecular flexibility index (Phi) is 3.93. The van der Waals surface area contributed by atoms with Gasteiger partial charge in [-0.15, -0.1) is 0 Å². The van der Waals surface area contributed by atoms with Crippen molar-refractivity contribution in [2.45, 2.75) is 6.92 Å². The molecule has 2 N–H and O–H groups in total. The van der Waals surface area contributed by atoms with Crippen LogP contribution < -0.4 is 10.5 Å². The lowest BCUT2D eigenvalue weighted by atomic mass is 10.2. The zero-order valence-electron chi connectivity index (χ0n) is 9.68.